The van der Waals surface area contributed by atoms with Gasteiger partial charge in [-0.2, -0.15) is 19.2 Å². The number of amides is 11. The van der Waals surface area contributed by atoms with Crippen LogP contribution in [-0.4, -0.2) is 225 Å². The van der Waals surface area contributed by atoms with Crippen LogP contribution in [0.15, 0.2) is 66.9 Å². The van der Waals surface area contributed by atoms with Crippen LogP contribution in [0, 0.1) is 23.7 Å². The molecule has 41 nitrogen and oxygen atoms in total. The van der Waals surface area contributed by atoms with Crippen molar-refractivity contribution in [3.05, 3.63) is 78.0 Å². The van der Waals surface area contributed by atoms with Crippen LogP contribution in [0.25, 0.3) is 10.9 Å². The highest BCUT2D eigenvalue weighted by Crippen LogP contribution is 2.26. The Morgan fingerprint density at radius 1 is 0.619 bits per heavy atom. The number of unbranched alkanes of at least 4 members (excludes halogenated alkanes) is 7. The maximum atomic E-state index is 15.0. The van der Waals surface area contributed by atoms with Crippen molar-refractivity contribution in [2.45, 2.75) is 263 Å². The molecule has 0 radical (unpaired) electrons. The number of carbonyl (C=O) groups is 19. The summed E-state index contributed by atoms with van der Waals surface area (Å²) in [5, 5.41) is 55.2. The Morgan fingerprint density at radius 3 is 1.86 bits per heavy atom. The molecule has 126 heavy (non-hydrogen) atoms. The lowest BCUT2D eigenvalue weighted by molar-refractivity contribution is -0.193. The standard InChI is InChI=1S/C83H117N13O24.2CO2/c1-7-8-9-10-11-15-18-32-69(103)92-61(36-52-42-86-58-30-22-20-27-54(52)58)81(116)94-60(41-68(85)102)66(100)37-51(38-73(108)109)79(114)96-75-50(6)119-83(118)62(40-64(98)55-28-19-21-29-57(55)84)95-80(115)56(46(2)35-72(106)107)39-67(101)63(45-97)93-71(105)43-87-77(112)48(4)90-78(113)49(5)89-76(111)47(3)34-65(99)59(91-70(104)44-88-82(75)117)31-23-24-33-74(110)120-53-25-16-13-12-14-17-26-53;2*2-1-3/h16,19-22,25,27-30,42,46-51,53,56,59-63,75,86,97H,7-15,17-18,23-24,26,31-41,43-45,84H2,1-6H3,(H2,85,102)(H,87,112)(H,88,117)(H,89,111)(H,90,113)(H,91,104)(H,92,103)(H,93,105)(H,94,116)(H,95,115)(H,96,114)(H,106,107)(H,108,109);;/b25-16+;;/t46?,47-,48+,49-,50-,51+,53?,56+,59+,60-,61+,62+,63-,75+;;/m1../s1. The Balaban J connectivity index is 0.00000662. The van der Waals surface area contributed by atoms with E-state index in [9.17, 15) is 106 Å². The fraction of sp³-hybridized carbons (Fsp3) is 0.565. The number of ether oxygens (including phenoxy) is 2. The number of fused-ring (bicyclic) bond motifs is 1. The number of benzene rings is 2. The zero-order chi connectivity index (χ0) is 94.1. The number of cyclic esters (lactones) is 1. The number of carboxylic acid groups (broad SMARTS) is 2. The van der Waals surface area contributed by atoms with Gasteiger partial charge in [-0.25, -0.2) is 4.79 Å². The highest BCUT2D eigenvalue weighted by molar-refractivity contribution is 6.05. The van der Waals surface area contributed by atoms with Crippen molar-refractivity contribution in [1.82, 2.24) is 58.2 Å². The Morgan fingerprint density at radius 2 is 1.21 bits per heavy atom. The molecule has 690 valence electrons. The van der Waals surface area contributed by atoms with Crippen LogP contribution >= 0.6 is 0 Å². The summed E-state index contributed by atoms with van der Waals surface area (Å²) >= 11 is 0. The number of carboxylic acids is 2. The molecular weight excluding hydrogens is 1650 g/mol. The number of nitrogens with two attached hydrogens (primary N) is 2. The van der Waals surface area contributed by atoms with Crippen LogP contribution in [-0.2, 0) is 121 Å². The first kappa shape index (κ1) is 107. The fourth-order valence-electron chi connectivity index (χ4n) is 13.7. The molecule has 1 saturated heterocycles. The number of anilines is 1. The minimum absolute atomic E-state index is 0.0150. The summed E-state index contributed by atoms with van der Waals surface area (Å²) in [5.74, 6) is -27.8. The third kappa shape index (κ3) is 39.7. The molecule has 1 aliphatic heterocycles. The number of H-pyrrole nitrogens is 1. The van der Waals surface area contributed by atoms with E-state index in [-0.39, 0.29) is 62.1 Å². The van der Waals surface area contributed by atoms with Crippen LogP contribution in [0.2, 0.25) is 0 Å². The van der Waals surface area contributed by atoms with E-state index in [1.54, 1.807) is 30.5 Å². The Kier molecular flexibility index (Phi) is 48.8. The van der Waals surface area contributed by atoms with E-state index in [2.05, 4.69) is 65.1 Å². The molecule has 1 aliphatic carbocycles. The van der Waals surface area contributed by atoms with Crippen LogP contribution in [0.1, 0.15) is 212 Å². The smallest absolute Gasteiger partial charge is 0.373 e. The average Bonchev–Trinajstić information content (AvgIpc) is 1.55. The molecule has 2 unspecified atom stereocenters. The van der Waals surface area contributed by atoms with Gasteiger partial charge in [0.2, 0.25) is 65.0 Å². The molecule has 2 aliphatic rings. The summed E-state index contributed by atoms with van der Waals surface area (Å²) in [4.78, 5) is 300. The maximum absolute atomic E-state index is 15.0. The lowest BCUT2D eigenvalue weighted by atomic mass is 9.84. The summed E-state index contributed by atoms with van der Waals surface area (Å²) in [6, 6.07) is -1.56. The van der Waals surface area contributed by atoms with E-state index in [1.807, 2.05) is 12.2 Å². The first-order valence-corrected chi connectivity index (χ1v) is 41.7. The number of nitrogens with one attached hydrogen (secondary N) is 11. The van der Waals surface area contributed by atoms with Gasteiger partial charge in [-0.1, -0.05) is 109 Å². The Hall–Kier alpha value is -13.0. The molecule has 2 aromatic carbocycles. The van der Waals surface area contributed by atoms with Gasteiger partial charge in [-0.3, -0.25) is 86.3 Å². The number of carbonyl (C=O) groups excluding carboxylic acids is 21. The third-order valence-electron chi connectivity index (χ3n) is 20.7. The second-order valence-electron chi connectivity index (χ2n) is 30.9. The number of aromatic nitrogens is 1. The SMILES string of the molecule is CCCCCCCCCC(=O)N[C@@H](Cc1c[nH]c2ccccc12)C(=O)N[C@H](CC(N)=O)C(=O)C[C@@H](CC(=O)O)C(=O)N[C@@H]1C(=O)NCC(=O)N[C@@H](CCCCC(=O)OC2/C=C/CCCCC2)C(=O)C[C@@H](C)C(=O)N[C@H](C)C(=O)N[C@@H](C)C(=O)NCC(=O)N[C@H](CO)C(=O)C[C@@H](C(C)CC(=O)O)C(=O)N[C@@H](CC(=O)c2ccccc2N)C(=O)O[C@@H]1C.O=C=O.O=C=O. The highest BCUT2D eigenvalue weighted by Gasteiger charge is 2.41. The van der Waals surface area contributed by atoms with E-state index < -0.39 is 261 Å². The maximum Gasteiger partial charge on any atom is 0.373 e. The second kappa shape index (κ2) is 57.4. The van der Waals surface area contributed by atoms with Crippen molar-refractivity contribution in [3.8, 4) is 0 Å². The quantitative estimate of drug-likeness (QED) is 0.0127. The van der Waals surface area contributed by atoms with Gasteiger partial charge >= 0.3 is 36.2 Å². The summed E-state index contributed by atoms with van der Waals surface area (Å²) in [5.41, 5.74) is 12.7. The lowest BCUT2D eigenvalue weighted by Gasteiger charge is -2.29. The first-order valence-electron chi connectivity index (χ1n) is 41.7. The zero-order valence-electron chi connectivity index (χ0n) is 71.4. The van der Waals surface area contributed by atoms with Crippen LogP contribution in [0.5, 0.6) is 0 Å². The third-order valence-corrected chi connectivity index (χ3v) is 20.7. The number of rotatable bonds is 35. The molecule has 2 heterocycles. The molecule has 11 amide bonds. The van der Waals surface area contributed by atoms with E-state index in [1.165, 1.54) is 52.0 Å². The number of para-hydroxylation sites is 2. The summed E-state index contributed by atoms with van der Waals surface area (Å²) in [7, 11) is 0. The number of allylic oxidation sites excluding steroid dienone is 1. The van der Waals surface area contributed by atoms with Gasteiger partial charge in [0.1, 0.15) is 48.5 Å². The molecule has 41 heteroatoms. The van der Waals surface area contributed by atoms with Crippen molar-refractivity contribution < 1.29 is 135 Å². The van der Waals surface area contributed by atoms with Gasteiger partial charge in [-0.05, 0) is 101 Å². The van der Waals surface area contributed by atoms with Gasteiger partial charge in [-0.15, -0.1) is 0 Å². The Labute approximate surface area is 726 Å². The molecule has 14 atom stereocenters. The van der Waals surface area contributed by atoms with Gasteiger partial charge in [0, 0.05) is 91.6 Å². The molecule has 0 saturated carbocycles. The monoisotopic (exact) mass is 1770 g/mol. The molecular formula is C85H117N13O28. The van der Waals surface area contributed by atoms with Crippen molar-refractivity contribution in [2.75, 3.05) is 25.4 Å². The van der Waals surface area contributed by atoms with Crippen molar-refractivity contribution in [2.24, 2.45) is 29.4 Å². The fourth-order valence-corrected chi connectivity index (χ4v) is 13.7. The topological polar surface area (TPSA) is 660 Å². The lowest BCUT2D eigenvalue weighted by Crippen LogP contribution is -2.57. The van der Waals surface area contributed by atoms with Crippen LogP contribution < -0.4 is 64.6 Å². The van der Waals surface area contributed by atoms with Gasteiger partial charge in [0.05, 0.1) is 50.5 Å². The molecule has 0 bridgehead atoms. The predicted molar refractivity (Wildman–Crippen MR) is 443 cm³/mol. The molecule has 3 aromatic rings. The average molecular weight is 1770 g/mol. The van der Waals surface area contributed by atoms with E-state index in [0.717, 1.165) is 64.7 Å². The van der Waals surface area contributed by atoms with Crippen molar-refractivity contribution in [3.63, 3.8) is 0 Å². The number of hydrogen-bond acceptors (Lipinski definition) is 27. The van der Waals surface area contributed by atoms with Gasteiger partial charge in [0.25, 0.3) is 0 Å². The van der Waals surface area contributed by atoms with Crippen molar-refractivity contribution >= 4 is 141 Å². The van der Waals surface area contributed by atoms with E-state index in [0.29, 0.717) is 35.7 Å². The summed E-state index contributed by atoms with van der Waals surface area (Å²) in [6.45, 7) is 4.92. The highest BCUT2D eigenvalue weighted by atomic mass is 16.6. The predicted octanol–water partition coefficient (Wildman–Crippen LogP) is 0.827. The number of aliphatic carboxylic acids is 2. The molecule has 18 N–H and O–H groups in total. The normalized spacial score (nSPS) is 21.7. The Bertz CT molecular complexity index is 4370. The summed E-state index contributed by atoms with van der Waals surface area (Å²) in [6.07, 6.45) is 6.45. The van der Waals surface area contributed by atoms with Crippen LogP contribution in [0.4, 0.5) is 5.69 Å². The number of Topliss-reactive ketones (excluding diaryl/α,β-unsaturated/α-hetero) is 4. The summed E-state index contributed by atoms with van der Waals surface area (Å²) < 4.78 is 11.5. The number of aliphatic hydroxyl groups is 1. The number of hydrogen-bond donors (Lipinski definition) is 16. The van der Waals surface area contributed by atoms with E-state index >= 15 is 0 Å². The van der Waals surface area contributed by atoms with Crippen molar-refractivity contribution in [1.29, 1.82) is 0 Å². The number of primary amides is 1. The first-order chi connectivity index (χ1) is 59.8. The second-order valence-corrected chi connectivity index (χ2v) is 30.9. The number of aliphatic hydroxyl groups excluding tert-OH is 1. The molecule has 0 spiro atoms. The molecule has 1 fully saturated rings. The minimum Gasteiger partial charge on any atom is -0.481 e. The number of esters is 2. The van der Waals surface area contributed by atoms with E-state index in [4.69, 9.17) is 40.1 Å². The van der Waals surface area contributed by atoms with Crippen LogP contribution in [0.3, 0.4) is 0 Å². The largest absolute Gasteiger partial charge is 0.481 e. The zero-order valence-corrected chi connectivity index (χ0v) is 71.4. The molecule has 1 aromatic heterocycles. The number of nitrogen functional groups attached to an aromatic ring is 1. The molecule has 5 rings (SSSR count). The number of ketones is 4. The van der Waals surface area contributed by atoms with Gasteiger partial charge in [0.15, 0.2) is 23.1 Å². The van der Waals surface area contributed by atoms with Gasteiger partial charge < -0.3 is 94.4 Å². The minimum atomic E-state index is -2.33. The number of aromatic amines is 1.